The molecule has 0 unspecified atom stereocenters. The molecule has 0 spiro atoms. The number of rotatable bonds is 2. The number of anilines is 1. The summed E-state index contributed by atoms with van der Waals surface area (Å²) < 4.78 is 13.0. The minimum absolute atomic E-state index is 0.0643. The van der Waals surface area contributed by atoms with Crippen LogP contribution in [0.4, 0.5) is 5.82 Å². The molecule has 6 heteroatoms. The Balaban J connectivity index is 1.73. The molecule has 1 saturated heterocycles. The largest absolute Gasteiger partial charge is 0.383 e. The summed E-state index contributed by atoms with van der Waals surface area (Å²) in [7, 11) is 0. The number of nitrogens with zero attached hydrogens (tertiary/aromatic N) is 2. The molecular formula is C12H17N3O3. The lowest BCUT2D eigenvalue weighted by Gasteiger charge is -2.17. The number of nitrogens with two attached hydrogens (primary N) is 1. The Morgan fingerprint density at radius 3 is 2.94 bits per heavy atom. The summed E-state index contributed by atoms with van der Waals surface area (Å²) in [6, 6.07) is 1.81. The molecule has 18 heavy (non-hydrogen) atoms. The zero-order valence-electron chi connectivity index (χ0n) is 10.5. The van der Waals surface area contributed by atoms with Gasteiger partial charge in [0, 0.05) is 18.2 Å². The second-order valence-electron chi connectivity index (χ2n) is 5.38. The van der Waals surface area contributed by atoms with Crippen molar-refractivity contribution in [1.29, 1.82) is 0 Å². The zero-order chi connectivity index (χ0) is 12.9. The lowest BCUT2D eigenvalue weighted by molar-refractivity contribution is -0.140. The van der Waals surface area contributed by atoms with Crippen LogP contribution >= 0.6 is 0 Å². The van der Waals surface area contributed by atoms with E-state index in [0.29, 0.717) is 12.5 Å². The molecule has 3 rings (SSSR count). The molecule has 1 aromatic rings. The normalized spacial score (nSPS) is 33.6. The molecule has 1 saturated carbocycles. The van der Waals surface area contributed by atoms with Gasteiger partial charge >= 0.3 is 5.69 Å². The van der Waals surface area contributed by atoms with Gasteiger partial charge in [-0.3, -0.25) is 4.57 Å². The molecule has 2 heterocycles. The van der Waals surface area contributed by atoms with Crippen molar-refractivity contribution in [3.63, 3.8) is 0 Å². The van der Waals surface area contributed by atoms with Gasteiger partial charge in [-0.1, -0.05) is 0 Å². The Bertz CT molecular complexity index is 526. The van der Waals surface area contributed by atoms with Crippen LogP contribution in [0.25, 0.3) is 0 Å². The first-order valence-electron chi connectivity index (χ1n) is 6.13. The SMILES string of the molecule is CC1(C)OC[C@@H]([C@H]2C[C@H]2n2ccc(N)nc2=O)O1. The van der Waals surface area contributed by atoms with Crippen molar-refractivity contribution in [3.8, 4) is 0 Å². The van der Waals surface area contributed by atoms with Crippen LogP contribution in [0.1, 0.15) is 26.3 Å². The van der Waals surface area contributed by atoms with E-state index in [1.807, 2.05) is 13.8 Å². The van der Waals surface area contributed by atoms with Crippen LogP contribution in [0.5, 0.6) is 0 Å². The quantitative estimate of drug-likeness (QED) is 0.829. The number of ether oxygens (including phenoxy) is 2. The third-order valence-electron chi connectivity index (χ3n) is 3.52. The lowest BCUT2D eigenvalue weighted by atomic mass is 10.2. The van der Waals surface area contributed by atoms with Crippen LogP contribution in [0.2, 0.25) is 0 Å². The molecule has 6 nitrogen and oxygen atoms in total. The van der Waals surface area contributed by atoms with Gasteiger partial charge in [0.1, 0.15) is 5.82 Å². The highest BCUT2D eigenvalue weighted by Crippen LogP contribution is 2.48. The first-order valence-corrected chi connectivity index (χ1v) is 6.13. The van der Waals surface area contributed by atoms with E-state index < -0.39 is 5.79 Å². The van der Waals surface area contributed by atoms with Crippen molar-refractivity contribution >= 4 is 5.82 Å². The van der Waals surface area contributed by atoms with Gasteiger partial charge in [0.15, 0.2) is 5.79 Å². The van der Waals surface area contributed by atoms with Crippen molar-refractivity contribution in [2.45, 2.75) is 38.2 Å². The third-order valence-corrected chi connectivity index (χ3v) is 3.52. The van der Waals surface area contributed by atoms with Gasteiger partial charge < -0.3 is 15.2 Å². The van der Waals surface area contributed by atoms with Gasteiger partial charge in [0.2, 0.25) is 0 Å². The van der Waals surface area contributed by atoms with E-state index in [9.17, 15) is 4.79 Å². The van der Waals surface area contributed by atoms with Crippen LogP contribution < -0.4 is 11.4 Å². The highest BCUT2D eigenvalue weighted by Gasteiger charge is 2.50. The number of hydrogen-bond acceptors (Lipinski definition) is 5. The molecule has 2 fully saturated rings. The van der Waals surface area contributed by atoms with Crippen molar-refractivity contribution in [2.24, 2.45) is 5.92 Å². The van der Waals surface area contributed by atoms with Crippen LogP contribution in [0.3, 0.4) is 0 Å². The van der Waals surface area contributed by atoms with Crippen molar-refractivity contribution in [2.75, 3.05) is 12.3 Å². The van der Waals surface area contributed by atoms with Crippen LogP contribution in [-0.4, -0.2) is 28.0 Å². The molecule has 0 radical (unpaired) electrons. The molecule has 1 aromatic heterocycles. The molecule has 0 aromatic carbocycles. The standard InChI is InChI=1S/C12H17N3O3/c1-12(2)17-6-9(18-12)7-5-8(7)15-4-3-10(13)14-11(15)16/h3-4,7-9H,5-6H2,1-2H3,(H2,13,14,16)/t7-,8+,9-/m0/s1. The number of hydrogen-bond donors (Lipinski definition) is 1. The maximum atomic E-state index is 11.7. The van der Waals surface area contributed by atoms with Gasteiger partial charge in [-0.05, 0) is 26.3 Å². The Morgan fingerprint density at radius 2 is 2.33 bits per heavy atom. The van der Waals surface area contributed by atoms with E-state index in [4.69, 9.17) is 15.2 Å². The van der Waals surface area contributed by atoms with E-state index in [-0.39, 0.29) is 23.7 Å². The molecule has 0 amide bonds. The monoisotopic (exact) mass is 251 g/mol. The van der Waals surface area contributed by atoms with Crippen molar-refractivity contribution < 1.29 is 9.47 Å². The fraction of sp³-hybridized carbons (Fsp3) is 0.667. The van der Waals surface area contributed by atoms with Crippen molar-refractivity contribution in [3.05, 3.63) is 22.7 Å². The number of nitrogen functional groups attached to an aromatic ring is 1. The fourth-order valence-corrected chi connectivity index (χ4v) is 2.52. The summed E-state index contributed by atoms with van der Waals surface area (Å²) >= 11 is 0. The smallest absolute Gasteiger partial charge is 0.349 e. The molecule has 1 aliphatic carbocycles. The van der Waals surface area contributed by atoms with Gasteiger partial charge in [-0.25, -0.2) is 4.79 Å². The Hall–Kier alpha value is -1.40. The third kappa shape index (κ3) is 2.02. The maximum Gasteiger partial charge on any atom is 0.349 e. The predicted octanol–water partition coefficient (Wildman–Crippen LogP) is 0.538. The first-order chi connectivity index (χ1) is 8.46. The summed E-state index contributed by atoms with van der Waals surface area (Å²) in [4.78, 5) is 15.4. The summed E-state index contributed by atoms with van der Waals surface area (Å²) in [6.45, 7) is 4.40. The topological polar surface area (TPSA) is 79.4 Å². The lowest BCUT2D eigenvalue weighted by Crippen LogP contribution is -2.26. The molecule has 2 aliphatic rings. The van der Waals surface area contributed by atoms with E-state index in [0.717, 1.165) is 6.42 Å². The van der Waals surface area contributed by atoms with E-state index in [1.165, 1.54) is 0 Å². The van der Waals surface area contributed by atoms with Crippen LogP contribution in [0, 0.1) is 5.92 Å². The number of aromatic nitrogens is 2. The van der Waals surface area contributed by atoms with Gasteiger partial charge in [0.25, 0.3) is 0 Å². The van der Waals surface area contributed by atoms with E-state index >= 15 is 0 Å². The zero-order valence-corrected chi connectivity index (χ0v) is 10.5. The van der Waals surface area contributed by atoms with Gasteiger partial charge in [-0.15, -0.1) is 0 Å². The summed E-state index contributed by atoms with van der Waals surface area (Å²) in [5.41, 5.74) is 5.18. The van der Waals surface area contributed by atoms with E-state index in [1.54, 1.807) is 16.8 Å². The molecule has 98 valence electrons. The second kappa shape index (κ2) is 3.80. The maximum absolute atomic E-state index is 11.7. The average molecular weight is 251 g/mol. The van der Waals surface area contributed by atoms with Crippen LogP contribution in [-0.2, 0) is 9.47 Å². The summed E-state index contributed by atoms with van der Waals surface area (Å²) in [5.74, 6) is 0.0761. The van der Waals surface area contributed by atoms with Crippen molar-refractivity contribution in [1.82, 2.24) is 9.55 Å². The predicted molar refractivity (Wildman–Crippen MR) is 65.0 cm³/mol. The average Bonchev–Trinajstić information content (AvgIpc) is 2.97. The highest BCUT2D eigenvalue weighted by atomic mass is 16.7. The molecule has 2 N–H and O–H groups in total. The molecular weight excluding hydrogens is 234 g/mol. The van der Waals surface area contributed by atoms with E-state index in [2.05, 4.69) is 4.98 Å². The van der Waals surface area contributed by atoms with Gasteiger partial charge in [0.05, 0.1) is 12.7 Å². The Kier molecular flexibility index (Phi) is 2.46. The summed E-state index contributed by atoms with van der Waals surface area (Å²) in [6.07, 6.45) is 2.70. The summed E-state index contributed by atoms with van der Waals surface area (Å²) in [5, 5.41) is 0. The van der Waals surface area contributed by atoms with Crippen LogP contribution in [0.15, 0.2) is 17.1 Å². The fourth-order valence-electron chi connectivity index (χ4n) is 2.52. The molecule has 1 aliphatic heterocycles. The second-order valence-corrected chi connectivity index (χ2v) is 5.38. The Morgan fingerprint density at radius 1 is 1.56 bits per heavy atom. The highest BCUT2D eigenvalue weighted by molar-refractivity contribution is 5.24. The minimum Gasteiger partial charge on any atom is -0.383 e. The minimum atomic E-state index is -0.512. The molecule has 0 bridgehead atoms. The van der Waals surface area contributed by atoms with Gasteiger partial charge in [-0.2, -0.15) is 4.98 Å². The Labute approximate surface area is 105 Å². The first kappa shape index (κ1) is 11.7. The molecule has 3 atom stereocenters.